The Morgan fingerprint density at radius 1 is 1.57 bits per heavy atom. The van der Waals surface area contributed by atoms with Crippen molar-refractivity contribution in [3.63, 3.8) is 0 Å². The van der Waals surface area contributed by atoms with Crippen LogP contribution in [0.3, 0.4) is 0 Å². The van der Waals surface area contributed by atoms with Gasteiger partial charge in [-0.3, -0.25) is 0 Å². The summed E-state index contributed by atoms with van der Waals surface area (Å²) in [5.74, 6) is 0.395. The summed E-state index contributed by atoms with van der Waals surface area (Å²) < 4.78 is 0. The molecule has 2 atom stereocenters. The van der Waals surface area contributed by atoms with E-state index in [0.717, 1.165) is 19.1 Å². The van der Waals surface area contributed by atoms with Gasteiger partial charge in [0, 0.05) is 25.7 Å². The van der Waals surface area contributed by atoms with Crippen molar-refractivity contribution >= 4 is 0 Å². The van der Waals surface area contributed by atoms with Crippen LogP contribution in [0.15, 0.2) is 0 Å². The second-order valence-corrected chi connectivity index (χ2v) is 4.79. The number of hydrogen-bond acceptors (Lipinski definition) is 3. The number of aliphatic hydroxyl groups is 1. The molecule has 14 heavy (non-hydrogen) atoms. The quantitative estimate of drug-likeness (QED) is 0.705. The largest absolute Gasteiger partial charge is 0.396 e. The van der Waals surface area contributed by atoms with Crippen LogP contribution >= 0.6 is 0 Å². The van der Waals surface area contributed by atoms with E-state index < -0.39 is 0 Å². The summed E-state index contributed by atoms with van der Waals surface area (Å²) in [6.45, 7) is 5.77. The lowest BCUT2D eigenvalue weighted by atomic mass is 10.1. The van der Waals surface area contributed by atoms with Crippen LogP contribution in [0.1, 0.15) is 19.8 Å². The van der Waals surface area contributed by atoms with Gasteiger partial charge in [0.05, 0.1) is 0 Å². The normalized spacial score (nSPS) is 25.9. The first kappa shape index (κ1) is 12.0. The Labute approximate surface area is 87.7 Å². The van der Waals surface area contributed by atoms with Crippen LogP contribution in [-0.2, 0) is 0 Å². The van der Waals surface area contributed by atoms with Crippen molar-refractivity contribution in [2.75, 3.05) is 40.3 Å². The molecule has 2 unspecified atom stereocenters. The Balaban J connectivity index is 2.22. The van der Waals surface area contributed by atoms with Crippen LogP contribution in [0.2, 0.25) is 0 Å². The molecule has 3 nitrogen and oxygen atoms in total. The Bertz CT molecular complexity index is 163. The fraction of sp³-hybridized carbons (Fsp3) is 1.00. The lowest BCUT2D eigenvalue weighted by Gasteiger charge is -2.27. The van der Waals surface area contributed by atoms with Crippen LogP contribution < -0.4 is 0 Å². The minimum absolute atomic E-state index is 0.296. The minimum Gasteiger partial charge on any atom is -0.396 e. The van der Waals surface area contributed by atoms with Crippen molar-refractivity contribution in [3.8, 4) is 0 Å². The van der Waals surface area contributed by atoms with E-state index in [4.69, 9.17) is 5.11 Å². The van der Waals surface area contributed by atoms with Gasteiger partial charge in [-0.1, -0.05) is 6.92 Å². The first-order chi connectivity index (χ1) is 6.63. The number of nitrogens with zero attached hydrogens (tertiary/aromatic N) is 2. The molecular formula is C11H24N2O. The zero-order valence-corrected chi connectivity index (χ0v) is 9.74. The standard InChI is InChI=1S/C11H24N2O/c1-10(9-14)7-12(2)8-11-5-4-6-13(11)3/h10-11,14H,4-9H2,1-3H3. The Kier molecular flexibility index (Phi) is 4.85. The molecule has 1 fully saturated rings. The molecule has 1 rings (SSSR count). The van der Waals surface area contributed by atoms with Gasteiger partial charge in [-0.05, 0) is 39.4 Å². The molecule has 1 aliphatic heterocycles. The second-order valence-electron chi connectivity index (χ2n) is 4.79. The number of likely N-dealkylation sites (tertiary alicyclic amines) is 1. The topological polar surface area (TPSA) is 26.7 Å². The monoisotopic (exact) mass is 200 g/mol. The van der Waals surface area contributed by atoms with Gasteiger partial charge in [0.2, 0.25) is 0 Å². The first-order valence-electron chi connectivity index (χ1n) is 5.63. The Morgan fingerprint density at radius 2 is 2.29 bits per heavy atom. The maximum atomic E-state index is 8.96. The molecule has 0 bridgehead atoms. The Morgan fingerprint density at radius 3 is 2.79 bits per heavy atom. The highest BCUT2D eigenvalue weighted by molar-refractivity contribution is 4.79. The maximum absolute atomic E-state index is 8.96. The molecule has 1 N–H and O–H groups in total. The molecule has 0 aromatic heterocycles. The highest BCUT2D eigenvalue weighted by Crippen LogP contribution is 2.15. The van der Waals surface area contributed by atoms with Crippen molar-refractivity contribution in [2.24, 2.45) is 5.92 Å². The number of aliphatic hydroxyl groups excluding tert-OH is 1. The molecule has 0 aromatic carbocycles. The van der Waals surface area contributed by atoms with Crippen LogP contribution in [0.4, 0.5) is 0 Å². The van der Waals surface area contributed by atoms with Gasteiger partial charge in [-0.25, -0.2) is 0 Å². The van der Waals surface area contributed by atoms with Gasteiger partial charge in [-0.2, -0.15) is 0 Å². The molecule has 1 aliphatic rings. The van der Waals surface area contributed by atoms with Crippen molar-refractivity contribution in [3.05, 3.63) is 0 Å². The fourth-order valence-electron chi connectivity index (χ4n) is 2.23. The summed E-state index contributed by atoms with van der Waals surface area (Å²) in [5.41, 5.74) is 0. The van der Waals surface area contributed by atoms with Crippen molar-refractivity contribution in [1.29, 1.82) is 0 Å². The summed E-state index contributed by atoms with van der Waals surface area (Å²) in [6, 6.07) is 0.728. The third kappa shape index (κ3) is 3.56. The van der Waals surface area contributed by atoms with Crippen LogP contribution in [-0.4, -0.2) is 61.3 Å². The van der Waals surface area contributed by atoms with E-state index in [9.17, 15) is 0 Å². The highest BCUT2D eigenvalue weighted by Gasteiger charge is 2.22. The van der Waals surface area contributed by atoms with E-state index in [0.29, 0.717) is 12.5 Å². The second kappa shape index (κ2) is 5.69. The van der Waals surface area contributed by atoms with Gasteiger partial charge >= 0.3 is 0 Å². The molecule has 84 valence electrons. The third-order valence-electron chi connectivity index (χ3n) is 3.13. The molecular weight excluding hydrogens is 176 g/mol. The minimum atomic E-state index is 0.296. The van der Waals surface area contributed by atoms with E-state index in [2.05, 4.69) is 30.8 Å². The maximum Gasteiger partial charge on any atom is 0.0468 e. The van der Waals surface area contributed by atoms with Crippen LogP contribution in [0.25, 0.3) is 0 Å². The molecule has 0 aromatic rings. The van der Waals surface area contributed by atoms with Gasteiger partial charge in [0.1, 0.15) is 0 Å². The van der Waals surface area contributed by atoms with Gasteiger partial charge < -0.3 is 14.9 Å². The van der Waals surface area contributed by atoms with Crippen molar-refractivity contribution < 1.29 is 5.11 Å². The fourth-order valence-corrected chi connectivity index (χ4v) is 2.23. The number of rotatable bonds is 5. The Hall–Kier alpha value is -0.120. The van der Waals surface area contributed by atoms with E-state index in [-0.39, 0.29) is 0 Å². The molecule has 0 radical (unpaired) electrons. The molecule has 0 saturated carbocycles. The summed E-state index contributed by atoms with van der Waals surface area (Å²) in [6.07, 6.45) is 2.67. The predicted octanol–water partition coefficient (Wildman–Crippen LogP) is 0.641. The molecule has 0 aliphatic carbocycles. The third-order valence-corrected chi connectivity index (χ3v) is 3.13. The molecule has 0 spiro atoms. The van der Waals surface area contributed by atoms with E-state index in [1.165, 1.54) is 19.4 Å². The highest BCUT2D eigenvalue weighted by atomic mass is 16.3. The zero-order valence-electron chi connectivity index (χ0n) is 9.74. The van der Waals surface area contributed by atoms with Gasteiger partial charge in [0.25, 0.3) is 0 Å². The summed E-state index contributed by atoms with van der Waals surface area (Å²) >= 11 is 0. The number of hydrogen-bond donors (Lipinski definition) is 1. The first-order valence-corrected chi connectivity index (χ1v) is 5.63. The number of likely N-dealkylation sites (N-methyl/N-ethyl adjacent to an activating group) is 2. The summed E-state index contributed by atoms with van der Waals surface area (Å²) in [4.78, 5) is 4.79. The SMILES string of the molecule is CC(CO)CN(C)CC1CCCN1C. The zero-order chi connectivity index (χ0) is 10.6. The average molecular weight is 200 g/mol. The van der Waals surface area contributed by atoms with Crippen LogP contribution in [0, 0.1) is 5.92 Å². The molecule has 1 heterocycles. The van der Waals surface area contributed by atoms with Crippen molar-refractivity contribution in [1.82, 2.24) is 9.80 Å². The summed E-state index contributed by atoms with van der Waals surface area (Å²) in [5, 5.41) is 8.96. The molecule has 3 heteroatoms. The summed E-state index contributed by atoms with van der Waals surface area (Å²) in [7, 11) is 4.36. The van der Waals surface area contributed by atoms with E-state index in [1.807, 2.05) is 0 Å². The van der Waals surface area contributed by atoms with E-state index >= 15 is 0 Å². The molecule has 0 amide bonds. The predicted molar refractivity (Wildman–Crippen MR) is 59.4 cm³/mol. The van der Waals surface area contributed by atoms with Crippen LogP contribution in [0.5, 0.6) is 0 Å². The lowest BCUT2D eigenvalue weighted by molar-refractivity contribution is 0.165. The van der Waals surface area contributed by atoms with E-state index in [1.54, 1.807) is 0 Å². The van der Waals surface area contributed by atoms with Gasteiger partial charge in [-0.15, -0.1) is 0 Å². The lowest BCUT2D eigenvalue weighted by Crippen LogP contribution is -2.38. The smallest absolute Gasteiger partial charge is 0.0468 e. The van der Waals surface area contributed by atoms with Gasteiger partial charge in [0.15, 0.2) is 0 Å². The van der Waals surface area contributed by atoms with Crippen molar-refractivity contribution in [2.45, 2.75) is 25.8 Å². The molecule has 1 saturated heterocycles. The average Bonchev–Trinajstić information content (AvgIpc) is 2.51.